The van der Waals surface area contributed by atoms with Gasteiger partial charge in [-0.05, 0) is 11.6 Å². The highest BCUT2D eigenvalue weighted by atomic mass is 16.5. The Morgan fingerprint density at radius 1 is 1.17 bits per heavy atom. The smallest absolute Gasteiger partial charge is 0.211 e. The molecule has 1 N–H and O–H groups in total. The Labute approximate surface area is 107 Å². The van der Waals surface area contributed by atoms with E-state index in [9.17, 15) is 0 Å². The molecule has 0 amide bonds. The Morgan fingerprint density at radius 2 is 1.94 bits per heavy atom. The summed E-state index contributed by atoms with van der Waals surface area (Å²) in [7, 11) is 0. The molecule has 1 aromatic heterocycles. The molecule has 1 heterocycles. The predicted octanol–water partition coefficient (Wildman–Crippen LogP) is 2.51. The van der Waals surface area contributed by atoms with Gasteiger partial charge in [-0.2, -0.15) is 4.57 Å². The van der Waals surface area contributed by atoms with Crippen molar-refractivity contribution in [1.82, 2.24) is 0 Å². The number of ether oxygens (including phenoxy) is 1. The average molecular weight is 241 g/mol. The third-order valence-corrected chi connectivity index (χ3v) is 2.76. The first kappa shape index (κ1) is 12.3. The second-order valence-corrected chi connectivity index (χ2v) is 4.14. The van der Waals surface area contributed by atoms with Gasteiger partial charge in [-0.3, -0.25) is 0 Å². The van der Waals surface area contributed by atoms with E-state index in [0.29, 0.717) is 13.2 Å². The van der Waals surface area contributed by atoms with Crippen molar-refractivity contribution in [3.8, 4) is 5.75 Å². The lowest BCUT2D eigenvalue weighted by Gasteiger charge is -2.05. The first-order valence-electron chi connectivity index (χ1n) is 5.95. The van der Waals surface area contributed by atoms with E-state index in [1.165, 1.54) is 6.21 Å². The van der Waals surface area contributed by atoms with Gasteiger partial charge in [-0.25, -0.2) is 0 Å². The number of hydrogen-bond acceptors (Lipinski definition) is 2. The van der Waals surface area contributed by atoms with Crippen molar-refractivity contribution in [2.45, 2.75) is 20.1 Å². The maximum Gasteiger partial charge on any atom is 0.211 e. The van der Waals surface area contributed by atoms with Crippen LogP contribution in [0.1, 0.15) is 11.3 Å². The van der Waals surface area contributed by atoms with Gasteiger partial charge in [0.05, 0.1) is 6.21 Å². The number of hydrogen-bond donors (Lipinski definition) is 1. The third-order valence-electron chi connectivity index (χ3n) is 2.76. The molecule has 1 aromatic carbocycles. The fourth-order valence-corrected chi connectivity index (χ4v) is 1.72. The van der Waals surface area contributed by atoms with E-state index in [1.54, 1.807) is 0 Å². The van der Waals surface area contributed by atoms with Gasteiger partial charge >= 0.3 is 0 Å². The van der Waals surface area contributed by atoms with Gasteiger partial charge in [0.2, 0.25) is 6.20 Å². The molecule has 0 saturated heterocycles. The van der Waals surface area contributed by atoms with Gasteiger partial charge in [0.1, 0.15) is 6.61 Å². The van der Waals surface area contributed by atoms with Crippen molar-refractivity contribution in [2.24, 2.45) is 0 Å². The van der Waals surface area contributed by atoms with Crippen LogP contribution in [-0.4, -0.2) is 6.21 Å². The molecule has 0 aliphatic carbocycles. The zero-order valence-corrected chi connectivity index (χ0v) is 10.5. The molecule has 3 heteroatoms. The molecule has 0 fully saturated rings. The summed E-state index contributed by atoms with van der Waals surface area (Å²) in [6.07, 6.45) is 3.32. The SMILES string of the molecule is Cc1ccc(OCc2ccccc2)c[n+]1CC=N. The minimum Gasteiger partial charge on any atom is -0.483 e. The summed E-state index contributed by atoms with van der Waals surface area (Å²) in [6, 6.07) is 14.0. The molecule has 0 aliphatic rings. The molecular weight excluding hydrogens is 224 g/mol. The molecule has 0 atom stereocenters. The first-order chi connectivity index (χ1) is 8.79. The van der Waals surface area contributed by atoms with Crippen molar-refractivity contribution < 1.29 is 9.30 Å². The Kier molecular flexibility index (Phi) is 4.07. The van der Waals surface area contributed by atoms with E-state index in [0.717, 1.165) is 17.0 Å². The topological polar surface area (TPSA) is 37.0 Å². The van der Waals surface area contributed by atoms with E-state index >= 15 is 0 Å². The zero-order valence-electron chi connectivity index (χ0n) is 10.5. The molecule has 3 nitrogen and oxygen atoms in total. The maximum absolute atomic E-state index is 7.16. The quantitative estimate of drug-likeness (QED) is 0.634. The molecule has 0 bridgehead atoms. The van der Waals surface area contributed by atoms with Crippen LogP contribution in [0.3, 0.4) is 0 Å². The van der Waals surface area contributed by atoms with E-state index in [-0.39, 0.29) is 0 Å². The second kappa shape index (κ2) is 5.96. The van der Waals surface area contributed by atoms with Crippen LogP contribution in [0.15, 0.2) is 48.7 Å². The zero-order chi connectivity index (χ0) is 12.8. The highest BCUT2D eigenvalue weighted by molar-refractivity contribution is 5.50. The second-order valence-electron chi connectivity index (χ2n) is 4.14. The number of pyridine rings is 1. The lowest BCUT2D eigenvalue weighted by molar-refractivity contribution is -0.687. The van der Waals surface area contributed by atoms with Gasteiger partial charge in [-0.1, -0.05) is 30.3 Å². The van der Waals surface area contributed by atoms with E-state index < -0.39 is 0 Å². The van der Waals surface area contributed by atoms with Gasteiger partial charge < -0.3 is 10.1 Å². The highest BCUT2D eigenvalue weighted by Crippen LogP contribution is 2.10. The first-order valence-corrected chi connectivity index (χ1v) is 5.95. The van der Waals surface area contributed by atoms with Gasteiger partial charge in [0.15, 0.2) is 18.0 Å². The van der Waals surface area contributed by atoms with E-state index in [2.05, 4.69) is 0 Å². The molecule has 0 spiro atoms. The number of rotatable bonds is 5. The van der Waals surface area contributed by atoms with Crippen LogP contribution in [0.5, 0.6) is 5.75 Å². The Bertz CT molecular complexity index is 523. The number of nitrogens with one attached hydrogen (secondary N) is 1. The van der Waals surface area contributed by atoms with Crippen LogP contribution in [0.25, 0.3) is 0 Å². The fourth-order valence-electron chi connectivity index (χ4n) is 1.72. The summed E-state index contributed by atoms with van der Waals surface area (Å²) in [4.78, 5) is 0. The van der Waals surface area contributed by atoms with Crippen molar-refractivity contribution in [2.75, 3.05) is 0 Å². The largest absolute Gasteiger partial charge is 0.483 e. The maximum atomic E-state index is 7.16. The number of aryl methyl sites for hydroxylation is 1. The minimum atomic E-state index is 0.564. The Morgan fingerprint density at radius 3 is 2.67 bits per heavy atom. The van der Waals surface area contributed by atoms with Crippen LogP contribution in [-0.2, 0) is 13.2 Å². The Hall–Kier alpha value is -2.16. The normalized spacial score (nSPS) is 10.1. The van der Waals surface area contributed by atoms with E-state index in [1.807, 2.05) is 60.2 Å². The lowest BCUT2D eigenvalue weighted by Crippen LogP contribution is -2.37. The van der Waals surface area contributed by atoms with Crippen molar-refractivity contribution in [3.05, 3.63) is 59.9 Å². The fraction of sp³-hybridized carbons (Fsp3) is 0.200. The van der Waals surface area contributed by atoms with E-state index in [4.69, 9.17) is 10.1 Å². The number of aromatic nitrogens is 1. The number of benzene rings is 1. The van der Waals surface area contributed by atoms with Gasteiger partial charge in [0, 0.05) is 13.0 Å². The predicted molar refractivity (Wildman–Crippen MR) is 70.9 cm³/mol. The summed E-state index contributed by atoms with van der Waals surface area (Å²) in [5.74, 6) is 0.825. The molecule has 2 rings (SSSR count). The van der Waals surface area contributed by atoms with Crippen LogP contribution < -0.4 is 9.30 Å². The van der Waals surface area contributed by atoms with Crippen LogP contribution >= 0.6 is 0 Å². The Balaban J connectivity index is 2.05. The van der Waals surface area contributed by atoms with Crippen molar-refractivity contribution in [3.63, 3.8) is 0 Å². The molecule has 0 aliphatic heterocycles. The highest BCUT2D eigenvalue weighted by Gasteiger charge is 2.07. The lowest BCUT2D eigenvalue weighted by atomic mass is 10.2. The summed E-state index contributed by atoms with van der Waals surface area (Å²) in [5, 5.41) is 7.16. The third kappa shape index (κ3) is 3.17. The summed E-state index contributed by atoms with van der Waals surface area (Å²) < 4.78 is 7.73. The summed E-state index contributed by atoms with van der Waals surface area (Å²) >= 11 is 0. The number of nitrogens with zero attached hydrogens (tertiary/aromatic N) is 1. The van der Waals surface area contributed by atoms with Crippen LogP contribution in [0.2, 0.25) is 0 Å². The summed E-state index contributed by atoms with van der Waals surface area (Å²) in [5.41, 5.74) is 2.27. The molecule has 18 heavy (non-hydrogen) atoms. The monoisotopic (exact) mass is 241 g/mol. The van der Waals surface area contributed by atoms with Crippen molar-refractivity contribution >= 4 is 6.21 Å². The van der Waals surface area contributed by atoms with Crippen molar-refractivity contribution in [1.29, 1.82) is 5.41 Å². The van der Waals surface area contributed by atoms with Crippen LogP contribution in [0, 0.1) is 12.3 Å². The molecule has 2 aromatic rings. The standard InChI is InChI=1S/C15H17N2O/c1-13-7-8-15(11-17(13)10-9-16)18-12-14-5-3-2-4-6-14/h2-9,11,16H,10,12H2,1H3/q+1. The minimum absolute atomic E-state index is 0.564. The molecular formula is C15H17N2O+. The van der Waals surface area contributed by atoms with Crippen LogP contribution in [0.4, 0.5) is 0 Å². The molecule has 0 saturated carbocycles. The van der Waals surface area contributed by atoms with Gasteiger partial charge in [0.25, 0.3) is 0 Å². The molecule has 92 valence electrons. The summed E-state index contributed by atoms with van der Waals surface area (Å²) in [6.45, 7) is 3.16. The van der Waals surface area contributed by atoms with Gasteiger partial charge in [-0.15, -0.1) is 0 Å². The average Bonchev–Trinajstić information content (AvgIpc) is 2.41. The molecule has 0 unspecified atom stereocenters. The molecule has 0 radical (unpaired) electrons.